The molecule has 0 saturated carbocycles. The van der Waals surface area contributed by atoms with E-state index in [1.165, 1.54) is 6.07 Å². The summed E-state index contributed by atoms with van der Waals surface area (Å²) in [5, 5.41) is 2.84. The van der Waals surface area contributed by atoms with Crippen LogP contribution >= 0.6 is 11.8 Å². The molecule has 0 unspecified atom stereocenters. The second-order valence-corrected chi connectivity index (χ2v) is 5.55. The van der Waals surface area contributed by atoms with E-state index < -0.39 is 0 Å². The molecule has 0 atom stereocenters. The van der Waals surface area contributed by atoms with Gasteiger partial charge in [-0.3, -0.25) is 4.79 Å². The maximum absolute atomic E-state index is 13.5. The van der Waals surface area contributed by atoms with Crippen LogP contribution in [-0.4, -0.2) is 11.7 Å². The molecule has 2 aromatic rings. The topological polar surface area (TPSA) is 29.1 Å². The number of rotatable bonds is 5. The van der Waals surface area contributed by atoms with Crippen LogP contribution in [0.4, 0.5) is 10.1 Å². The van der Waals surface area contributed by atoms with Crippen molar-refractivity contribution in [2.45, 2.75) is 18.2 Å². The number of carbonyl (C=O) groups excluding carboxylic acids is 1. The zero-order chi connectivity index (χ0) is 14.4. The molecule has 2 rings (SSSR count). The summed E-state index contributed by atoms with van der Waals surface area (Å²) >= 11 is 1.66. The SMILES string of the molecule is CCSc1ccccc1NC(=O)Cc1ccccc1F. The Labute approximate surface area is 122 Å². The number of halogens is 1. The van der Waals surface area contributed by atoms with Gasteiger partial charge in [0, 0.05) is 4.90 Å². The van der Waals surface area contributed by atoms with E-state index in [1.807, 2.05) is 24.3 Å². The minimum Gasteiger partial charge on any atom is -0.325 e. The van der Waals surface area contributed by atoms with E-state index in [4.69, 9.17) is 0 Å². The van der Waals surface area contributed by atoms with Gasteiger partial charge in [0.15, 0.2) is 0 Å². The van der Waals surface area contributed by atoms with Crippen molar-refractivity contribution in [1.82, 2.24) is 0 Å². The molecule has 0 aliphatic carbocycles. The summed E-state index contributed by atoms with van der Waals surface area (Å²) < 4.78 is 13.5. The first kappa shape index (κ1) is 14.6. The molecule has 0 aliphatic heterocycles. The standard InChI is InChI=1S/C16H16FNOS/c1-2-20-15-10-6-5-9-14(15)18-16(19)11-12-7-3-4-8-13(12)17/h3-10H,2,11H2,1H3,(H,18,19). The molecule has 0 spiro atoms. The summed E-state index contributed by atoms with van der Waals surface area (Å²) in [6.07, 6.45) is 0.0395. The van der Waals surface area contributed by atoms with Gasteiger partial charge in [-0.25, -0.2) is 4.39 Å². The van der Waals surface area contributed by atoms with Crippen LogP contribution in [0.5, 0.6) is 0 Å². The van der Waals surface area contributed by atoms with Gasteiger partial charge < -0.3 is 5.32 Å². The van der Waals surface area contributed by atoms with Gasteiger partial charge in [-0.15, -0.1) is 11.8 Å². The van der Waals surface area contributed by atoms with Gasteiger partial charge in [-0.2, -0.15) is 0 Å². The Balaban J connectivity index is 2.07. The lowest BCUT2D eigenvalue weighted by atomic mass is 10.1. The van der Waals surface area contributed by atoms with Crippen LogP contribution in [0.15, 0.2) is 53.4 Å². The quantitative estimate of drug-likeness (QED) is 0.839. The van der Waals surface area contributed by atoms with Gasteiger partial charge in [-0.05, 0) is 29.5 Å². The number of benzene rings is 2. The molecule has 0 heterocycles. The highest BCUT2D eigenvalue weighted by Crippen LogP contribution is 2.26. The van der Waals surface area contributed by atoms with E-state index in [9.17, 15) is 9.18 Å². The average Bonchev–Trinajstić information content (AvgIpc) is 2.44. The minimum absolute atomic E-state index is 0.0395. The molecule has 4 heteroatoms. The van der Waals surface area contributed by atoms with Gasteiger partial charge in [0.2, 0.25) is 5.91 Å². The Morgan fingerprint density at radius 3 is 2.60 bits per heavy atom. The van der Waals surface area contributed by atoms with Crippen LogP contribution in [0.25, 0.3) is 0 Å². The van der Waals surface area contributed by atoms with Crippen LogP contribution in [0.1, 0.15) is 12.5 Å². The van der Waals surface area contributed by atoms with Crippen molar-refractivity contribution < 1.29 is 9.18 Å². The Morgan fingerprint density at radius 1 is 1.15 bits per heavy atom. The van der Waals surface area contributed by atoms with E-state index in [1.54, 1.807) is 30.0 Å². The number of para-hydroxylation sites is 1. The third-order valence-electron chi connectivity index (χ3n) is 2.77. The molecule has 0 bridgehead atoms. The molecule has 2 nitrogen and oxygen atoms in total. The van der Waals surface area contributed by atoms with Crippen molar-refractivity contribution in [3.63, 3.8) is 0 Å². The number of anilines is 1. The first-order valence-electron chi connectivity index (χ1n) is 6.45. The molecule has 1 N–H and O–H groups in total. The predicted molar refractivity (Wildman–Crippen MR) is 81.6 cm³/mol. The Morgan fingerprint density at radius 2 is 1.85 bits per heavy atom. The van der Waals surface area contributed by atoms with Crippen molar-refractivity contribution in [3.8, 4) is 0 Å². The summed E-state index contributed by atoms with van der Waals surface area (Å²) in [5.74, 6) is 0.373. The van der Waals surface area contributed by atoms with E-state index in [-0.39, 0.29) is 18.1 Å². The number of thioether (sulfide) groups is 1. The van der Waals surface area contributed by atoms with E-state index in [2.05, 4.69) is 12.2 Å². The van der Waals surface area contributed by atoms with E-state index >= 15 is 0 Å². The zero-order valence-electron chi connectivity index (χ0n) is 11.2. The summed E-state index contributed by atoms with van der Waals surface area (Å²) in [7, 11) is 0. The first-order valence-corrected chi connectivity index (χ1v) is 7.44. The minimum atomic E-state index is -0.348. The average molecular weight is 289 g/mol. The Hall–Kier alpha value is -1.81. The molecular weight excluding hydrogens is 273 g/mol. The van der Waals surface area contributed by atoms with Crippen LogP contribution in [0.2, 0.25) is 0 Å². The maximum Gasteiger partial charge on any atom is 0.228 e. The monoisotopic (exact) mass is 289 g/mol. The summed E-state index contributed by atoms with van der Waals surface area (Å²) in [6.45, 7) is 2.06. The number of hydrogen-bond donors (Lipinski definition) is 1. The third-order valence-corrected chi connectivity index (χ3v) is 3.73. The number of nitrogens with one attached hydrogen (secondary N) is 1. The summed E-state index contributed by atoms with van der Waals surface area (Å²) in [5.41, 5.74) is 1.19. The lowest BCUT2D eigenvalue weighted by Gasteiger charge is -2.10. The molecule has 20 heavy (non-hydrogen) atoms. The second kappa shape index (κ2) is 7.10. The molecule has 0 aromatic heterocycles. The zero-order valence-corrected chi connectivity index (χ0v) is 12.0. The molecular formula is C16H16FNOS. The van der Waals surface area contributed by atoms with E-state index in [0.717, 1.165) is 16.3 Å². The van der Waals surface area contributed by atoms with Crippen LogP contribution < -0.4 is 5.32 Å². The van der Waals surface area contributed by atoms with Crippen LogP contribution in [-0.2, 0) is 11.2 Å². The maximum atomic E-state index is 13.5. The summed E-state index contributed by atoms with van der Waals surface area (Å²) in [4.78, 5) is 13.0. The summed E-state index contributed by atoms with van der Waals surface area (Å²) in [6, 6.07) is 14.0. The van der Waals surface area contributed by atoms with E-state index in [0.29, 0.717) is 5.56 Å². The second-order valence-electron chi connectivity index (χ2n) is 4.25. The van der Waals surface area contributed by atoms with Gasteiger partial charge in [0.1, 0.15) is 5.82 Å². The Kier molecular flexibility index (Phi) is 5.18. The highest BCUT2D eigenvalue weighted by Gasteiger charge is 2.09. The fourth-order valence-corrected chi connectivity index (χ4v) is 2.62. The largest absolute Gasteiger partial charge is 0.325 e. The highest BCUT2D eigenvalue weighted by atomic mass is 32.2. The van der Waals surface area contributed by atoms with Crippen molar-refractivity contribution in [2.24, 2.45) is 0 Å². The molecule has 0 radical (unpaired) electrons. The highest BCUT2D eigenvalue weighted by molar-refractivity contribution is 7.99. The van der Waals surface area contributed by atoms with Crippen LogP contribution in [0.3, 0.4) is 0 Å². The van der Waals surface area contributed by atoms with Gasteiger partial charge in [-0.1, -0.05) is 37.3 Å². The number of hydrogen-bond acceptors (Lipinski definition) is 2. The Bertz CT molecular complexity index is 601. The molecule has 104 valence electrons. The van der Waals surface area contributed by atoms with Crippen molar-refractivity contribution in [2.75, 3.05) is 11.1 Å². The molecule has 0 fully saturated rings. The smallest absolute Gasteiger partial charge is 0.228 e. The lowest BCUT2D eigenvalue weighted by Crippen LogP contribution is -2.15. The number of carbonyl (C=O) groups is 1. The van der Waals surface area contributed by atoms with Crippen molar-refractivity contribution >= 4 is 23.4 Å². The fraction of sp³-hybridized carbons (Fsp3) is 0.188. The van der Waals surface area contributed by atoms with Gasteiger partial charge in [0.25, 0.3) is 0 Å². The van der Waals surface area contributed by atoms with Gasteiger partial charge in [0.05, 0.1) is 12.1 Å². The lowest BCUT2D eigenvalue weighted by molar-refractivity contribution is -0.115. The predicted octanol–water partition coefficient (Wildman–Crippen LogP) is 4.12. The molecule has 1 amide bonds. The number of amides is 1. The van der Waals surface area contributed by atoms with Crippen molar-refractivity contribution in [1.29, 1.82) is 0 Å². The fourth-order valence-electron chi connectivity index (χ4n) is 1.86. The van der Waals surface area contributed by atoms with Gasteiger partial charge >= 0.3 is 0 Å². The third kappa shape index (κ3) is 3.84. The van der Waals surface area contributed by atoms with Crippen LogP contribution in [0, 0.1) is 5.82 Å². The molecule has 0 aliphatic rings. The molecule has 0 saturated heterocycles. The first-order chi connectivity index (χ1) is 9.70. The normalized spacial score (nSPS) is 10.3. The molecule has 2 aromatic carbocycles. The van der Waals surface area contributed by atoms with Crippen molar-refractivity contribution in [3.05, 3.63) is 59.9 Å².